The average Bonchev–Trinajstić information content (AvgIpc) is 2.52. The van der Waals surface area contributed by atoms with Crippen LogP contribution in [0.3, 0.4) is 0 Å². The van der Waals surface area contributed by atoms with E-state index in [4.69, 9.17) is 4.74 Å². The van der Waals surface area contributed by atoms with Gasteiger partial charge in [-0.05, 0) is 24.3 Å². The van der Waals surface area contributed by atoms with Gasteiger partial charge in [0.2, 0.25) is 0 Å². The molecule has 0 saturated heterocycles. The minimum atomic E-state index is -4.83. The van der Waals surface area contributed by atoms with Gasteiger partial charge in [-0.3, -0.25) is 4.79 Å². The molecular weight excluding hydrogens is 271 g/mol. The van der Waals surface area contributed by atoms with Crippen molar-refractivity contribution >= 4 is 11.6 Å². The summed E-state index contributed by atoms with van der Waals surface area (Å²) in [5, 5.41) is 0. The minimum Gasteiger partial charge on any atom is -0.454 e. The van der Waals surface area contributed by atoms with Crippen LogP contribution in [0.15, 0.2) is 48.5 Å². The van der Waals surface area contributed by atoms with E-state index in [9.17, 15) is 18.0 Å². The molecule has 0 radical (unpaired) electrons. The van der Waals surface area contributed by atoms with Gasteiger partial charge in [0.25, 0.3) is 5.91 Å². The molecule has 1 aliphatic heterocycles. The monoisotopic (exact) mass is 279 g/mol. The number of rotatable bonds is 0. The highest BCUT2D eigenvalue weighted by Crippen LogP contribution is 2.42. The highest BCUT2D eigenvalue weighted by atomic mass is 19.4. The van der Waals surface area contributed by atoms with Gasteiger partial charge in [0.05, 0.1) is 11.3 Å². The number of halogens is 3. The topological polar surface area (TPSA) is 29.5 Å². The molecule has 0 spiro atoms. The van der Waals surface area contributed by atoms with Crippen LogP contribution in [-0.2, 0) is 0 Å². The van der Waals surface area contributed by atoms with Crippen LogP contribution in [-0.4, -0.2) is 12.2 Å². The third-order valence-corrected chi connectivity index (χ3v) is 2.90. The molecule has 102 valence electrons. The molecular formula is C14H8F3NO2. The van der Waals surface area contributed by atoms with E-state index in [1.807, 2.05) is 0 Å². The van der Waals surface area contributed by atoms with E-state index >= 15 is 0 Å². The number of nitrogens with zero attached hydrogens (tertiary/aromatic N) is 1. The van der Waals surface area contributed by atoms with E-state index < -0.39 is 12.2 Å². The summed E-state index contributed by atoms with van der Waals surface area (Å²) in [6, 6.07) is 11.4. The maximum absolute atomic E-state index is 13.2. The maximum atomic E-state index is 13.2. The number of para-hydroxylation sites is 3. The van der Waals surface area contributed by atoms with Crippen LogP contribution < -0.4 is 9.64 Å². The summed E-state index contributed by atoms with van der Waals surface area (Å²) in [6.07, 6.45) is -4.83. The van der Waals surface area contributed by atoms with E-state index in [2.05, 4.69) is 0 Å². The number of hydrogen-bond acceptors (Lipinski definition) is 2. The summed E-state index contributed by atoms with van der Waals surface area (Å²) in [4.78, 5) is 12.0. The third kappa shape index (κ3) is 1.89. The van der Waals surface area contributed by atoms with Crippen molar-refractivity contribution in [2.24, 2.45) is 0 Å². The maximum Gasteiger partial charge on any atom is 0.491 e. The lowest BCUT2D eigenvalue weighted by molar-refractivity contribution is -0.122. The summed E-state index contributed by atoms with van der Waals surface area (Å²) in [5.74, 6) is -1.06. The molecule has 20 heavy (non-hydrogen) atoms. The van der Waals surface area contributed by atoms with Gasteiger partial charge < -0.3 is 4.74 Å². The lowest BCUT2D eigenvalue weighted by Gasteiger charge is -2.24. The normalized spacial score (nSPS) is 14.2. The second-order valence-electron chi connectivity index (χ2n) is 4.17. The molecule has 0 unspecified atom stereocenters. The Bertz CT molecular complexity index is 682. The standard InChI is InChI=1S/C14H8F3NO2/c15-14(16,17)18-10-6-2-4-8-12(10)20-11-7-3-1-5-9(11)13(18)19/h1-8H. The second kappa shape index (κ2) is 4.26. The van der Waals surface area contributed by atoms with Crippen molar-refractivity contribution in [1.82, 2.24) is 0 Å². The Morgan fingerprint density at radius 2 is 1.50 bits per heavy atom. The smallest absolute Gasteiger partial charge is 0.454 e. The Balaban J connectivity index is 2.27. The van der Waals surface area contributed by atoms with Crippen LogP contribution >= 0.6 is 0 Å². The van der Waals surface area contributed by atoms with Gasteiger partial charge in [-0.15, -0.1) is 13.2 Å². The number of fused-ring (bicyclic) bond motifs is 2. The number of anilines is 1. The number of alkyl halides is 3. The van der Waals surface area contributed by atoms with E-state index in [0.717, 1.165) is 0 Å². The largest absolute Gasteiger partial charge is 0.491 e. The Morgan fingerprint density at radius 3 is 2.20 bits per heavy atom. The number of ether oxygens (including phenoxy) is 1. The number of hydrogen-bond donors (Lipinski definition) is 0. The molecule has 1 aliphatic rings. The fourth-order valence-electron chi connectivity index (χ4n) is 2.06. The first-order valence-electron chi connectivity index (χ1n) is 5.75. The van der Waals surface area contributed by atoms with Crippen LogP contribution in [0.4, 0.5) is 18.9 Å². The molecule has 0 aromatic heterocycles. The van der Waals surface area contributed by atoms with Crippen molar-refractivity contribution in [3.8, 4) is 11.5 Å². The molecule has 0 aliphatic carbocycles. The Hall–Kier alpha value is -2.50. The molecule has 0 fully saturated rings. The molecule has 6 heteroatoms. The highest BCUT2D eigenvalue weighted by Gasteiger charge is 2.45. The van der Waals surface area contributed by atoms with Crippen molar-refractivity contribution < 1.29 is 22.7 Å². The molecule has 2 aromatic carbocycles. The van der Waals surface area contributed by atoms with Gasteiger partial charge in [-0.2, -0.15) is 0 Å². The van der Waals surface area contributed by atoms with E-state index in [0.29, 0.717) is 0 Å². The van der Waals surface area contributed by atoms with Crippen LogP contribution in [0.5, 0.6) is 11.5 Å². The molecule has 0 saturated carbocycles. The third-order valence-electron chi connectivity index (χ3n) is 2.90. The first kappa shape index (κ1) is 12.5. The summed E-state index contributed by atoms with van der Waals surface area (Å²) in [6.45, 7) is 0. The lowest BCUT2D eigenvalue weighted by atomic mass is 10.2. The number of carbonyl (C=O) groups excluding carboxylic acids is 1. The zero-order chi connectivity index (χ0) is 14.3. The first-order chi connectivity index (χ1) is 9.48. The Labute approximate surface area is 112 Å². The van der Waals surface area contributed by atoms with E-state index in [1.54, 1.807) is 12.1 Å². The molecule has 0 bridgehead atoms. The van der Waals surface area contributed by atoms with Gasteiger partial charge >= 0.3 is 6.30 Å². The van der Waals surface area contributed by atoms with Crippen LogP contribution in [0, 0.1) is 0 Å². The number of amides is 1. The van der Waals surface area contributed by atoms with Crippen molar-refractivity contribution in [2.75, 3.05) is 4.90 Å². The molecule has 0 N–H and O–H groups in total. The average molecular weight is 279 g/mol. The highest BCUT2D eigenvalue weighted by molar-refractivity contribution is 6.10. The van der Waals surface area contributed by atoms with Crippen LogP contribution in [0.2, 0.25) is 0 Å². The molecule has 3 rings (SSSR count). The fourth-order valence-corrected chi connectivity index (χ4v) is 2.06. The van der Waals surface area contributed by atoms with Crippen LogP contribution in [0.25, 0.3) is 0 Å². The van der Waals surface area contributed by atoms with Gasteiger partial charge in [0, 0.05) is 0 Å². The van der Waals surface area contributed by atoms with E-state index in [-0.39, 0.29) is 27.6 Å². The molecule has 1 amide bonds. The van der Waals surface area contributed by atoms with Gasteiger partial charge in [0.15, 0.2) is 5.75 Å². The molecule has 1 heterocycles. The van der Waals surface area contributed by atoms with Gasteiger partial charge in [-0.1, -0.05) is 24.3 Å². The zero-order valence-corrected chi connectivity index (χ0v) is 10.0. The predicted octanol–water partition coefficient (Wildman–Crippen LogP) is 3.96. The minimum absolute atomic E-state index is 0.0110. The lowest BCUT2D eigenvalue weighted by Crippen LogP contribution is -2.42. The van der Waals surface area contributed by atoms with Crippen molar-refractivity contribution in [3.05, 3.63) is 54.1 Å². The summed E-state index contributed by atoms with van der Waals surface area (Å²) < 4.78 is 45.0. The predicted molar refractivity (Wildman–Crippen MR) is 65.8 cm³/mol. The summed E-state index contributed by atoms with van der Waals surface area (Å²) in [5.41, 5.74) is -0.442. The molecule has 3 nitrogen and oxygen atoms in total. The molecule has 0 atom stereocenters. The van der Waals surface area contributed by atoms with E-state index in [1.165, 1.54) is 36.4 Å². The quantitative estimate of drug-likeness (QED) is 0.683. The zero-order valence-electron chi connectivity index (χ0n) is 10.0. The number of benzene rings is 2. The Kier molecular flexibility index (Phi) is 2.67. The molecule has 2 aromatic rings. The first-order valence-corrected chi connectivity index (χ1v) is 5.75. The number of carbonyl (C=O) groups is 1. The van der Waals surface area contributed by atoms with Crippen molar-refractivity contribution in [3.63, 3.8) is 0 Å². The van der Waals surface area contributed by atoms with Crippen molar-refractivity contribution in [2.45, 2.75) is 6.30 Å². The van der Waals surface area contributed by atoms with Gasteiger partial charge in [-0.25, -0.2) is 4.90 Å². The second-order valence-corrected chi connectivity index (χ2v) is 4.17. The fraction of sp³-hybridized carbons (Fsp3) is 0.0714. The van der Waals surface area contributed by atoms with Crippen LogP contribution in [0.1, 0.15) is 10.4 Å². The SMILES string of the molecule is O=C1c2ccccc2Oc2ccccc2N1C(F)(F)F. The summed E-state index contributed by atoms with van der Waals surface area (Å²) >= 11 is 0. The summed E-state index contributed by atoms with van der Waals surface area (Å²) in [7, 11) is 0. The van der Waals surface area contributed by atoms with Gasteiger partial charge in [0.1, 0.15) is 5.75 Å². The van der Waals surface area contributed by atoms with Crippen molar-refractivity contribution in [1.29, 1.82) is 0 Å². The Morgan fingerprint density at radius 1 is 0.900 bits per heavy atom.